The average Bonchev–Trinajstić information content (AvgIpc) is 2.79. The van der Waals surface area contributed by atoms with E-state index in [1.165, 1.54) is 6.20 Å². The van der Waals surface area contributed by atoms with Crippen LogP contribution in [0.25, 0.3) is 11.0 Å². The fourth-order valence-corrected chi connectivity index (χ4v) is 1.64. The van der Waals surface area contributed by atoms with Crippen LogP contribution in [0.5, 0.6) is 0 Å². The number of hydrogen-bond acceptors (Lipinski definition) is 5. The van der Waals surface area contributed by atoms with E-state index in [4.69, 9.17) is 0 Å². The Balaban J connectivity index is 2.36. The van der Waals surface area contributed by atoms with Gasteiger partial charge in [-0.1, -0.05) is 0 Å². The molecule has 0 spiro atoms. The van der Waals surface area contributed by atoms with Crippen LogP contribution in [0.1, 0.15) is 11.7 Å². The van der Waals surface area contributed by atoms with Crippen molar-refractivity contribution >= 4 is 17.0 Å². The summed E-state index contributed by atoms with van der Waals surface area (Å²) < 4.78 is 4.37. The third kappa shape index (κ3) is 2.00. The van der Waals surface area contributed by atoms with Crippen LogP contribution in [0.3, 0.4) is 0 Å². The topological polar surface area (TPSA) is 95.4 Å². The van der Waals surface area contributed by atoms with Crippen LogP contribution >= 0.6 is 0 Å². The predicted octanol–water partition coefficient (Wildman–Crippen LogP) is 0.130. The highest BCUT2D eigenvalue weighted by Crippen LogP contribution is 2.25. The summed E-state index contributed by atoms with van der Waals surface area (Å²) >= 11 is 0. The Morgan fingerprint density at radius 1 is 1.53 bits per heavy atom. The molecule has 2 aromatic rings. The number of nitrogens with zero attached hydrogens (tertiary/aromatic N) is 1. The van der Waals surface area contributed by atoms with Crippen LogP contribution in [0.2, 0.25) is 0 Å². The van der Waals surface area contributed by atoms with Gasteiger partial charge in [-0.2, -0.15) is 0 Å². The number of carbonyl (C=O) groups excluding carboxylic acids is 1. The number of methoxy groups -OCH3 is 1. The first-order valence-corrected chi connectivity index (χ1v) is 5.01. The monoisotopic (exact) mass is 236 g/mol. The van der Waals surface area contributed by atoms with E-state index in [-0.39, 0.29) is 0 Å². The average molecular weight is 236 g/mol. The van der Waals surface area contributed by atoms with Crippen LogP contribution in [0.15, 0.2) is 24.5 Å². The first-order valence-electron chi connectivity index (χ1n) is 5.01. The molecule has 0 amide bonds. The lowest BCUT2D eigenvalue weighted by molar-refractivity contribution is -0.156. The number of pyridine rings is 1. The summed E-state index contributed by atoms with van der Waals surface area (Å²) in [5.41, 5.74) is 0.990. The number of rotatable bonds is 3. The molecular formula is C11H12N2O4. The van der Waals surface area contributed by atoms with Crippen molar-refractivity contribution in [3.8, 4) is 0 Å². The van der Waals surface area contributed by atoms with E-state index in [2.05, 4.69) is 14.7 Å². The van der Waals surface area contributed by atoms with Crippen molar-refractivity contribution in [2.45, 2.75) is 12.2 Å². The SMILES string of the molecule is COC(=O)C(O)C(O)c1c[nH]c2ncccc12. The molecule has 3 N–H and O–H groups in total. The van der Waals surface area contributed by atoms with Gasteiger partial charge in [0, 0.05) is 23.3 Å². The summed E-state index contributed by atoms with van der Waals surface area (Å²) in [6, 6.07) is 3.44. The van der Waals surface area contributed by atoms with Gasteiger partial charge >= 0.3 is 5.97 Å². The van der Waals surface area contributed by atoms with Crippen molar-refractivity contribution in [2.24, 2.45) is 0 Å². The minimum Gasteiger partial charge on any atom is -0.467 e. The lowest BCUT2D eigenvalue weighted by Crippen LogP contribution is -2.28. The van der Waals surface area contributed by atoms with Crippen LogP contribution in [-0.2, 0) is 9.53 Å². The van der Waals surface area contributed by atoms with Gasteiger partial charge in [0.2, 0.25) is 0 Å². The number of fused-ring (bicyclic) bond motifs is 1. The number of aliphatic hydroxyl groups is 2. The minimum atomic E-state index is -1.61. The van der Waals surface area contributed by atoms with E-state index >= 15 is 0 Å². The van der Waals surface area contributed by atoms with Gasteiger partial charge in [-0.25, -0.2) is 9.78 Å². The Morgan fingerprint density at radius 2 is 2.29 bits per heavy atom. The van der Waals surface area contributed by atoms with Crippen molar-refractivity contribution in [1.29, 1.82) is 0 Å². The fourth-order valence-electron chi connectivity index (χ4n) is 1.64. The number of hydrogen-bond donors (Lipinski definition) is 3. The van der Waals surface area contributed by atoms with E-state index in [9.17, 15) is 15.0 Å². The molecule has 6 nitrogen and oxygen atoms in total. The van der Waals surface area contributed by atoms with Crippen molar-refractivity contribution in [2.75, 3.05) is 7.11 Å². The first kappa shape index (κ1) is 11.6. The van der Waals surface area contributed by atoms with Gasteiger partial charge < -0.3 is 19.9 Å². The van der Waals surface area contributed by atoms with Crippen LogP contribution < -0.4 is 0 Å². The number of ether oxygens (including phenoxy) is 1. The lowest BCUT2D eigenvalue weighted by Gasteiger charge is -2.14. The summed E-state index contributed by atoms with van der Waals surface area (Å²) in [6.07, 6.45) is 0.153. The molecule has 2 unspecified atom stereocenters. The van der Waals surface area contributed by atoms with Crippen molar-refractivity contribution in [3.05, 3.63) is 30.1 Å². The molecule has 6 heteroatoms. The number of carbonyl (C=O) groups is 1. The third-order valence-electron chi connectivity index (χ3n) is 2.54. The zero-order valence-corrected chi connectivity index (χ0v) is 9.12. The molecule has 17 heavy (non-hydrogen) atoms. The second-order valence-electron chi connectivity index (χ2n) is 3.56. The normalized spacial score (nSPS) is 14.5. The second-order valence-corrected chi connectivity index (χ2v) is 3.56. The lowest BCUT2D eigenvalue weighted by atomic mass is 10.0. The number of aromatic nitrogens is 2. The Bertz CT molecular complexity index is 537. The number of nitrogens with one attached hydrogen (secondary N) is 1. The maximum absolute atomic E-state index is 11.1. The van der Waals surface area contributed by atoms with Crippen molar-refractivity contribution in [3.63, 3.8) is 0 Å². The van der Waals surface area contributed by atoms with Gasteiger partial charge in [0.05, 0.1) is 7.11 Å². The number of H-pyrrole nitrogens is 1. The Hall–Kier alpha value is -1.92. The summed E-state index contributed by atoms with van der Waals surface area (Å²) in [5, 5.41) is 20.1. The summed E-state index contributed by atoms with van der Waals surface area (Å²) in [4.78, 5) is 18.0. The molecule has 0 radical (unpaired) electrons. The maximum Gasteiger partial charge on any atom is 0.337 e. The minimum absolute atomic E-state index is 0.408. The van der Waals surface area contributed by atoms with Crippen molar-refractivity contribution in [1.82, 2.24) is 9.97 Å². The van der Waals surface area contributed by atoms with Crippen molar-refractivity contribution < 1.29 is 19.7 Å². The van der Waals surface area contributed by atoms with E-state index in [0.717, 1.165) is 7.11 Å². The standard InChI is InChI=1S/C11H12N2O4/c1-17-11(16)9(15)8(14)7-5-13-10-6(7)3-2-4-12-10/h2-5,8-9,14-15H,1H3,(H,12,13). The van der Waals surface area contributed by atoms with Gasteiger partial charge in [0.15, 0.2) is 6.10 Å². The second kappa shape index (κ2) is 4.52. The van der Waals surface area contributed by atoms with E-state index in [1.54, 1.807) is 18.3 Å². The van der Waals surface area contributed by atoms with Gasteiger partial charge in [-0.3, -0.25) is 0 Å². The van der Waals surface area contributed by atoms with E-state index in [1.807, 2.05) is 0 Å². The molecule has 0 bridgehead atoms. The molecule has 0 aliphatic rings. The molecule has 2 aromatic heterocycles. The third-order valence-corrected chi connectivity index (χ3v) is 2.54. The van der Waals surface area contributed by atoms with Crippen LogP contribution in [0, 0.1) is 0 Å². The molecule has 0 saturated carbocycles. The smallest absolute Gasteiger partial charge is 0.337 e. The molecule has 0 saturated heterocycles. The van der Waals surface area contributed by atoms with E-state index in [0.29, 0.717) is 16.6 Å². The molecule has 2 rings (SSSR count). The summed E-state index contributed by atoms with van der Waals surface area (Å²) in [7, 11) is 1.15. The molecule has 2 heterocycles. The Kier molecular flexibility index (Phi) is 3.08. The van der Waals surface area contributed by atoms with Crippen LogP contribution in [0.4, 0.5) is 0 Å². The quantitative estimate of drug-likeness (QED) is 0.658. The summed E-state index contributed by atoms with van der Waals surface area (Å²) in [5.74, 6) is -0.879. The molecule has 0 aliphatic heterocycles. The highest BCUT2D eigenvalue weighted by Gasteiger charge is 2.28. The Morgan fingerprint density at radius 3 is 3.00 bits per heavy atom. The molecular weight excluding hydrogens is 224 g/mol. The molecule has 0 fully saturated rings. The number of aliphatic hydroxyl groups excluding tert-OH is 2. The van der Waals surface area contributed by atoms with Gasteiger partial charge in [-0.15, -0.1) is 0 Å². The van der Waals surface area contributed by atoms with Crippen LogP contribution in [-0.4, -0.2) is 39.4 Å². The van der Waals surface area contributed by atoms with Gasteiger partial charge in [0.25, 0.3) is 0 Å². The zero-order valence-electron chi connectivity index (χ0n) is 9.12. The summed E-state index contributed by atoms with van der Waals surface area (Å²) in [6.45, 7) is 0. The largest absolute Gasteiger partial charge is 0.467 e. The highest BCUT2D eigenvalue weighted by molar-refractivity contribution is 5.82. The number of esters is 1. The molecule has 0 aliphatic carbocycles. The first-order chi connectivity index (χ1) is 8.15. The predicted molar refractivity (Wildman–Crippen MR) is 59.1 cm³/mol. The Labute approximate surface area is 96.9 Å². The fraction of sp³-hybridized carbons (Fsp3) is 0.273. The maximum atomic E-state index is 11.1. The highest BCUT2D eigenvalue weighted by atomic mass is 16.5. The van der Waals surface area contributed by atoms with Gasteiger partial charge in [0.1, 0.15) is 11.8 Å². The van der Waals surface area contributed by atoms with Gasteiger partial charge in [-0.05, 0) is 12.1 Å². The molecule has 2 atom stereocenters. The molecule has 90 valence electrons. The molecule has 0 aromatic carbocycles. The zero-order chi connectivity index (χ0) is 12.4. The number of aromatic amines is 1. The van der Waals surface area contributed by atoms with E-state index < -0.39 is 18.2 Å².